The highest BCUT2D eigenvalue weighted by Crippen LogP contribution is 2.24. The molecule has 0 aliphatic carbocycles. The number of carbonyl (C=O) groups is 1. The molecule has 5 nitrogen and oxygen atoms in total. The number of benzene rings is 1. The van der Waals surface area contributed by atoms with E-state index in [0.29, 0.717) is 0 Å². The van der Waals surface area contributed by atoms with Crippen LogP contribution in [0.25, 0.3) is 0 Å². The van der Waals surface area contributed by atoms with E-state index in [1.807, 2.05) is 23.1 Å². The molecule has 0 saturated carbocycles. The Kier molecular flexibility index (Phi) is 7.31. The number of rotatable bonds is 8. The number of amides is 1. The molecule has 1 saturated heterocycles. The third-order valence-corrected chi connectivity index (χ3v) is 6.05. The van der Waals surface area contributed by atoms with Crippen LogP contribution in [0.2, 0.25) is 0 Å². The number of aromatic nitrogens is 2. The predicted octanol–water partition coefficient (Wildman–Crippen LogP) is 4.41. The molecule has 1 fully saturated rings. The van der Waals surface area contributed by atoms with Gasteiger partial charge in [0.1, 0.15) is 5.82 Å². The molecule has 1 aromatic carbocycles. The van der Waals surface area contributed by atoms with Crippen molar-refractivity contribution in [1.29, 1.82) is 0 Å². The van der Waals surface area contributed by atoms with Gasteiger partial charge in [-0.05, 0) is 50.8 Å². The zero-order valence-corrected chi connectivity index (χ0v) is 18.0. The summed E-state index contributed by atoms with van der Waals surface area (Å²) in [5, 5.41) is 0.803. The highest BCUT2D eigenvalue weighted by atomic mass is 32.2. The summed E-state index contributed by atoms with van der Waals surface area (Å²) >= 11 is 1.63. The second-order valence-electron chi connectivity index (χ2n) is 7.01. The van der Waals surface area contributed by atoms with Gasteiger partial charge in [-0.15, -0.1) is 0 Å². The third kappa shape index (κ3) is 5.04. The van der Waals surface area contributed by atoms with Gasteiger partial charge >= 0.3 is 0 Å². The molecule has 150 valence electrons. The van der Waals surface area contributed by atoms with E-state index in [0.717, 1.165) is 79.0 Å². The number of hydrogen-bond donors (Lipinski definition) is 0. The number of likely N-dealkylation sites (tertiary alicyclic amines) is 1. The summed E-state index contributed by atoms with van der Waals surface area (Å²) in [5.41, 5.74) is 2.98. The Labute approximate surface area is 172 Å². The fourth-order valence-corrected chi connectivity index (χ4v) is 4.27. The normalized spacial score (nSPS) is 13.8. The van der Waals surface area contributed by atoms with Gasteiger partial charge in [0.2, 0.25) is 0 Å². The quantitative estimate of drug-likeness (QED) is 0.487. The Morgan fingerprint density at radius 2 is 1.86 bits per heavy atom. The molecule has 0 unspecified atom stereocenters. The number of aryl methyl sites for hydroxylation is 1. The van der Waals surface area contributed by atoms with Crippen LogP contribution in [-0.2, 0) is 12.2 Å². The maximum atomic E-state index is 12.6. The molecule has 6 heteroatoms. The minimum absolute atomic E-state index is 0.150. The molecule has 1 aliphatic rings. The van der Waals surface area contributed by atoms with E-state index in [4.69, 9.17) is 4.98 Å². The minimum Gasteiger partial charge on any atom is -0.357 e. The van der Waals surface area contributed by atoms with Gasteiger partial charge in [-0.1, -0.05) is 30.8 Å². The lowest BCUT2D eigenvalue weighted by Crippen LogP contribution is -2.27. The van der Waals surface area contributed by atoms with Crippen molar-refractivity contribution in [2.45, 2.75) is 50.9 Å². The van der Waals surface area contributed by atoms with Crippen molar-refractivity contribution in [2.75, 3.05) is 31.1 Å². The largest absolute Gasteiger partial charge is 0.357 e. The van der Waals surface area contributed by atoms with E-state index < -0.39 is 0 Å². The van der Waals surface area contributed by atoms with E-state index >= 15 is 0 Å². The Hall–Kier alpha value is -2.08. The van der Waals surface area contributed by atoms with Gasteiger partial charge < -0.3 is 9.80 Å². The van der Waals surface area contributed by atoms with Crippen molar-refractivity contribution >= 4 is 23.5 Å². The van der Waals surface area contributed by atoms with Crippen LogP contribution >= 0.6 is 11.8 Å². The lowest BCUT2D eigenvalue weighted by Gasteiger charge is -2.20. The maximum absolute atomic E-state index is 12.6. The van der Waals surface area contributed by atoms with Crippen LogP contribution in [0.3, 0.4) is 0 Å². The van der Waals surface area contributed by atoms with E-state index in [1.54, 1.807) is 11.8 Å². The second-order valence-corrected chi connectivity index (χ2v) is 7.96. The van der Waals surface area contributed by atoms with Crippen molar-refractivity contribution < 1.29 is 4.79 Å². The number of nitrogens with zero attached hydrogens (tertiary/aromatic N) is 4. The van der Waals surface area contributed by atoms with Gasteiger partial charge in [0.25, 0.3) is 5.91 Å². The molecule has 2 heterocycles. The van der Waals surface area contributed by atoms with Crippen molar-refractivity contribution in [3.05, 3.63) is 47.2 Å². The molecular weight excluding hydrogens is 368 g/mol. The molecule has 0 bridgehead atoms. The highest BCUT2D eigenvalue weighted by molar-refractivity contribution is 7.98. The first-order valence-electron chi connectivity index (χ1n) is 10.3. The van der Waals surface area contributed by atoms with Gasteiger partial charge in [0.15, 0.2) is 5.16 Å². The van der Waals surface area contributed by atoms with Crippen LogP contribution in [-0.4, -0.2) is 47.0 Å². The summed E-state index contributed by atoms with van der Waals surface area (Å²) < 4.78 is 0. The molecule has 0 spiro atoms. The van der Waals surface area contributed by atoms with Gasteiger partial charge in [-0.2, -0.15) is 0 Å². The molecule has 0 N–H and O–H groups in total. The molecule has 3 rings (SSSR count). The Morgan fingerprint density at radius 3 is 2.54 bits per heavy atom. The summed E-state index contributed by atoms with van der Waals surface area (Å²) in [7, 11) is 0. The van der Waals surface area contributed by atoms with Crippen molar-refractivity contribution in [1.82, 2.24) is 14.9 Å². The van der Waals surface area contributed by atoms with Gasteiger partial charge in [0, 0.05) is 49.3 Å². The molecule has 28 heavy (non-hydrogen) atoms. The Balaban J connectivity index is 1.72. The van der Waals surface area contributed by atoms with E-state index in [9.17, 15) is 4.79 Å². The predicted molar refractivity (Wildman–Crippen MR) is 116 cm³/mol. The fourth-order valence-electron chi connectivity index (χ4n) is 3.46. The number of thioether (sulfide) groups is 1. The van der Waals surface area contributed by atoms with Crippen LogP contribution in [0.15, 0.2) is 35.5 Å². The molecule has 0 atom stereocenters. The van der Waals surface area contributed by atoms with Crippen LogP contribution in [0.5, 0.6) is 0 Å². The second kappa shape index (κ2) is 9.92. The summed E-state index contributed by atoms with van der Waals surface area (Å²) in [5.74, 6) is 1.90. The minimum atomic E-state index is 0.150. The molecule has 0 radical (unpaired) electrons. The van der Waals surface area contributed by atoms with Crippen LogP contribution in [0.1, 0.15) is 55.2 Å². The van der Waals surface area contributed by atoms with Crippen molar-refractivity contribution in [3.8, 4) is 0 Å². The smallest absolute Gasteiger partial charge is 0.253 e. The third-order valence-electron chi connectivity index (χ3n) is 5.13. The highest BCUT2D eigenvalue weighted by Gasteiger charge is 2.19. The first-order chi connectivity index (χ1) is 13.6. The lowest BCUT2D eigenvalue weighted by molar-refractivity contribution is 0.0792. The van der Waals surface area contributed by atoms with Crippen LogP contribution in [0, 0.1) is 0 Å². The first kappa shape index (κ1) is 20.6. The maximum Gasteiger partial charge on any atom is 0.253 e. The average molecular weight is 399 g/mol. The van der Waals surface area contributed by atoms with Crippen LogP contribution in [0.4, 0.5) is 5.82 Å². The monoisotopic (exact) mass is 398 g/mol. The molecule has 1 amide bonds. The average Bonchev–Trinajstić information content (AvgIpc) is 3.27. The molecule has 2 aromatic rings. The van der Waals surface area contributed by atoms with Crippen molar-refractivity contribution in [2.24, 2.45) is 0 Å². The number of carbonyl (C=O) groups excluding carboxylic acids is 1. The van der Waals surface area contributed by atoms with Gasteiger partial charge in [-0.25, -0.2) is 9.97 Å². The summed E-state index contributed by atoms with van der Waals surface area (Å²) in [6, 6.07) is 10.1. The van der Waals surface area contributed by atoms with E-state index in [2.05, 4.69) is 42.8 Å². The van der Waals surface area contributed by atoms with E-state index in [1.165, 1.54) is 0 Å². The van der Waals surface area contributed by atoms with Crippen LogP contribution < -0.4 is 4.90 Å². The standard InChI is InChI=1S/C22H30N4OS/c1-4-19-15-20(25(5-2)6-3)24-22(23-19)28-16-17-10-9-11-18(14-17)21(27)26-12-7-8-13-26/h9-11,14-15H,4-8,12-13,16H2,1-3H3. The Morgan fingerprint density at radius 1 is 1.11 bits per heavy atom. The van der Waals surface area contributed by atoms with Crippen molar-refractivity contribution in [3.63, 3.8) is 0 Å². The topological polar surface area (TPSA) is 49.3 Å². The molecule has 1 aromatic heterocycles. The molecular formula is C22H30N4OS. The fraction of sp³-hybridized carbons (Fsp3) is 0.500. The first-order valence-corrected chi connectivity index (χ1v) is 11.3. The van der Waals surface area contributed by atoms with Gasteiger partial charge in [0.05, 0.1) is 0 Å². The van der Waals surface area contributed by atoms with Gasteiger partial charge in [-0.3, -0.25) is 4.79 Å². The zero-order valence-electron chi connectivity index (χ0n) is 17.1. The SMILES string of the molecule is CCc1cc(N(CC)CC)nc(SCc2cccc(C(=O)N3CCCC3)c2)n1. The zero-order chi connectivity index (χ0) is 19.9. The number of hydrogen-bond acceptors (Lipinski definition) is 5. The van der Waals surface area contributed by atoms with E-state index in [-0.39, 0.29) is 5.91 Å². The number of anilines is 1. The summed E-state index contributed by atoms with van der Waals surface area (Å²) in [4.78, 5) is 26.3. The lowest BCUT2D eigenvalue weighted by atomic mass is 10.1. The Bertz CT molecular complexity index is 801. The molecule has 1 aliphatic heterocycles. The summed E-state index contributed by atoms with van der Waals surface area (Å²) in [6.45, 7) is 10.0. The summed E-state index contributed by atoms with van der Waals surface area (Å²) in [6.07, 6.45) is 3.12.